The lowest BCUT2D eigenvalue weighted by molar-refractivity contribution is 0.0271. The van der Waals surface area contributed by atoms with Crippen LogP contribution in [0.3, 0.4) is 0 Å². The number of aromatic nitrogens is 2. The summed E-state index contributed by atoms with van der Waals surface area (Å²) in [6.07, 6.45) is -0.0512. The van der Waals surface area contributed by atoms with E-state index in [2.05, 4.69) is 10.00 Å². The topological polar surface area (TPSA) is 99.4 Å². The highest BCUT2D eigenvalue weighted by molar-refractivity contribution is 5.99. The summed E-state index contributed by atoms with van der Waals surface area (Å²) in [4.78, 5) is 13.7. The molecule has 2 heterocycles. The molecule has 2 atom stereocenters. The van der Waals surface area contributed by atoms with E-state index in [4.69, 9.17) is 16.2 Å². The molecular weight excluding hydrogens is 246 g/mol. The van der Waals surface area contributed by atoms with E-state index in [9.17, 15) is 4.79 Å². The van der Waals surface area contributed by atoms with E-state index in [1.54, 1.807) is 11.6 Å². The number of nitrogens with two attached hydrogens (primary N) is 2. The van der Waals surface area contributed by atoms with Gasteiger partial charge in [-0.15, -0.1) is 0 Å². The first-order valence-electron chi connectivity index (χ1n) is 6.37. The Morgan fingerprint density at radius 3 is 2.84 bits per heavy atom. The van der Waals surface area contributed by atoms with E-state index in [0.29, 0.717) is 31.0 Å². The van der Waals surface area contributed by atoms with Gasteiger partial charge in [-0.25, -0.2) is 0 Å². The summed E-state index contributed by atoms with van der Waals surface area (Å²) in [6, 6.07) is -0.0610. The minimum atomic E-state index is -0.454. The Balaban J connectivity index is 2.33. The summed E-state index contributed by atoms with van der Waals surface area (Å²) in [7, 11) is 1.81. The molecule has 1 saturated heterocycles. The summed E-state index contributed by atoms with van der Waals surface area (Å²) in [5, 5.41) is 4.28. The first-order valence-corrected chi connectivity index (χ1v) is 6.37. The van der Waals surface area contributed by atoms with Crippen molar-refractivity contribution in [2.75, 3.05) is 24.6 Å². The van der Waals surface area contributed by atoms with Crippen LogP contribution in [0.5, 0.6) is 0 Å². The number of ether oxygens (including phenoxy) is 1. The van der Waals surface area contributed by atoms with Gasteiger partial charge in [0.2, 0.25) is 0 Å². The second-order valence-corrected chi connectivity index (χ2v) is 4.99. The number of carbonyl (C=O) groups is 1. The van der Waals surface area contributed by atoms with Gasteiger partial charge in [0.25, 0.3) is 5.91 Å². The quantitative estimate of drug-likeness (QED) is 0.760. The number of carbonyl (C=O) groups excluding carboxylic acids is 1. The Hall–Kier alpha value is -1.60. The molecule has 7 heteroatoms. The molecule has 2 rings (SSSR count). The molecule has 1 aromatic rings. The highest BCUT2D eigenvalue weighted by atomic mass is 16.5. The molecule has 0 saturated carbocycles. The van der Waals surface area contributed by atoms with E-state index >= 15 is 0 Å². The van der Waals surface area contributed by atoms with Gasteiger partial charge in [-0.2, -0.15) is 5.10 Å². The number of anilines is 1. The van der Waals surface area contributed by atoms with Crippen LogP contribution in [0.1, 0.15) is 23.0 Å². The number of aryl methyl sites for hydroxylation is 2. The fraction of sp³-hybridized carbons (Fsp3) is 0.667. The van der Waals surface area contributed by atoms with Gasteiger partial charge < -0.3 is 21.1 Å². The third kappa shape index (κ3) is 2.57. The predicted octanol–water partition coefficient (Wildman–Crippen LogP) is -0.620. The van der Waals surface area contributed by atoms with Crippen molar-refractivity contribution in [2.24, 2.45) is 18.5 Å². The third-order valence-electron chi connectivity index (χ3n) is 3.42. The normalized spacial score (nSPS) is 21.5. The minimum absolute atomic E-state index is 0.0512. The van der Waals surface area contributed by atoms with Crippen LogP contribution in [0.4, 0.5) is 5.82 Å². The standard InChI is InChI=1S/C12H21N5O2/c1-7(13)9-6-17(4-5-19-9)12-10(11(14)18)8(2)15-16(12)3/h7,9H,4-6,13H2,1-3H3,(H2,14,18). The lowest BCUT2D eigenvalue weighted by atomic mass is 10.1. The molecule has 4 N–H and O–H groups in total. The Kier molecular flexibility index (Phi) is 3.77. The molecule has 19 heavy (non-hydrogen) atoms. The molecule has 1 aromatic heterocycles. The Morgan fingerprint density at radius 1 is 1.58 bits per heavy atom. The molecule has 2 unspecified atom stereocenters. The van der Waals surface area contributed by atoms with Crippen molar-refractivity contribution in [3.8, 4) is 0 Å². The van der Waals surface area contributed by atoms with E-state index in [1.165, 1.54) is 0 Å². The van der Waals surface area contributed by atoms with Crippen molar-refractivity contribution in [2.45, 2.75) is 26.0 Å². The van der Waals surface area contributed by atoms with Crippen molar-refractivity contribution in [3.63, 3.8) is 0 Å². The Bertz CT molecular complexity index is 483. The molecule has 106 valence electrons. The van der Waals surface area contributed by atoms with Gasteiger partial charge in [-0.05, 0) is 13.8 Å². The maximum Gasteiger partial charge on any atom is 0.254 e. The summed E-state index contributed by atoms with van der Waals surface area (Å²) in [5.41, 5.74) is 12.5. The van der Waals surface area contributed by atoms with Gasteiger partial charge in [0, 0.05) is 26.2 Å². The van der Waals surface area contributed by atoms with Crippen molar-refractivity contribution >= 4 is 11.7 Å². The zero-order chi connectivity index (χ0) is 14.2. The number of amides is 1. The molecule has 1 amide bonds. The first-order chi connectivity index (χ1) is 8.91. The van der Waals surface area contributed by atoms with Crippen LogP contribution in [-0.4, -0.2) is 47.5 Å². The van der Waals surface area contributed by atoms with Gasteiger partial charge in [0.05, 0.1) is 18.4 Å². The van der Waals surface area contributed by atoms with E-state index in [-0.39, 0.29) is 12.1 Å². The SMILES string of the molecule is Cc1nn(C)c(N2CCOC(C(C)N)C2)c1C(N)=O. The fourth-order valence-electron chi connectivity index (χ4n) is 2.48. The molecule has 1 aliphatic rings. The number of hydrogen-bond acceptors (Lipinski definition) is 5. The van der Waals surface area contributed by atoms with Gasteiger partial charge in [0.15, 0.2) is 0 Å². The average Bonchev–Trinajstić information content (AvgIpc) is 2.64. The highest BCUT2D eigenvalue weighted by Gasteiger charge is 2.29. The number of nitrogens with zero attached hydrogens (tertiary/aromatic N) is 3. The van der Waals surface area contributed by atoms with Crippen LogP contribution in [0.15, 0.2) is 0 Å². The Labute approximate surface area is 112 Å². The van der Waals surface area contributed by atoms with E-state index in [1.807, 2.05) is 14.0 Å². The smallest absolute Gasteiger partial charge is 0.254 e. The average molecular weight is 267 g/mol. The molecule has 1 aliphatic heterocycles. The van der Waals surface area contributed by atoms with Crippen LogP contribution in [-0.2, 0) is 11.8 Å². The molecule has 0 bridgehead atoms. The van der Waals surface area contributed by atoms with Crippen molar-refractivity contribution < 1.29 is 9.53 Å². The zero-order valence-corrected chi connectivity index (χ0v) is 11.6. The molecule has 0 aliphatic carbocycles. The van der Waals surface area contributed by atoms with Gasteiger partial charge in [0.1, 0.15) is 11.4 Å². The molecule has 0 spiro atoms. The predicted molar refractivity (Wildman–Crippen MR) is 72.1 cm³/mol. The minimum Gasteiger partial charge on any atom is -0.373 e. The van der Waals surface area contributed by atoms with Gasteiger partial charge >= 0.3 is 0 Å². The van der Waals surface area contributed by atoms with Crippen LogP contribution >= 0.6 is 0 Å². The molecule has 0 radical (unpaired) electrons. The molecular formula is C12H21N5O2. The lowest BCUT2D eigenvalue weighted by Gasteiger charge is -2.36. The van der Waals surface area contributed by atoms with Crippen molar-refractivity contribution in [1.29, 1.82) is 0 Å². The molecule has 0 aromatic carbocycles. The van der Waals surface area contributed by atoms with E-state index in [0.717, 1.165) is 5.82 Å². The van der Waals surface area contributed by atoms with Crippen LogP contribution in [0.2, 0.25) is 0 Å². The number of rotatable bonds is 3. The fourth-order valence-corrected chi connectivity index (χ4v) is 2.48. The van der Waals surface area contributed by atoms with Gasteiger partial charge in [-0.3, -0.25) is 9.48 Å². The number of morpholine rings is 1. The summed E-state index contributed by atoms with van der Waals surface area (Å²) in [6.45, 7) is 5.61. The van der Waals surface area contributed by atoms with E-state index < -0.39 is 5.91 Å². The van der Waals surface area contributed by atoms with Crippen LogP contribution in [0.25, 0.3) is 0 Å². The third-order valence-corrected chi connectivity index (χ3v) is 3.42. The van der Waals surface area contributed by atoms with Gasteiger partial charge in [-0.1, -0.05) is 0 Å². The zero-order valence-electron chi connectivity index (χ0n) is 11.6. The monoisotopic (exact) mass is 267 g/mol. The molecule has 7 nitrogen and oxygen atoms in total. The maximum absolute atomic E-state index is 11.6. The first kappa shape index (κ1) is 13.8. The highest BCUT2D eigenvalue weighted by Crippen LogP contribution is 2.25. The number of hydrogen-bond donors (Lipinski definition) is 2. The number of primary amides is 1. The maximum atomic E-state index is 11.6. The Morgan fingerprint density at radius 2 is 2.26 bits per heavy atom. The second kappa shape index (κ2) is 5.18. The van der Waals surface area contributed by atoms with Crippen molar-refractivity contribution in [1.82, 2.24) is 9.78 Å². The van der Waals surface area contributed by atoms with Crippen LogP contribution in [0, 0.1) is 6.92 Å². The van der Waals surface area contributed by atoms with Crippen LogP contribution < -0.4 is 16.4 Å². The summed E-state index contributed by atoms with van der Waals surface area (Å²) in [5.74, 6) is 0.295. The largest absolute Gasteiger partial charge is 0.373 e. The van der Waals surface area contributed by atoms with Crippen molar-refractivity contribution in [3.05, 3.63) is 11.3 Å². The summed E-state index contributed by atoms with van der Waals surface area (Å²) >= 11 is 0. The lowest BCUT2D eigenvalue weighted by Crippen LogP contribution is -2.50. The summed E-state index contributed by atoms with van der Waals surface area (Å²) < 4.78 is 7.32. The second-order valence-electron chi connectivity index (χ2n) is 4.99. The molecule has 1 fully saturated rings.